The second kappa shape index (κ2) is 5.13. The first kappa shape index (κ1) is 12.9. The highest BCUT2D eigenvalue weighted by Gasteiger charge is 2.49. The first-order valence-electron chi connectivity index (χ1n) is 8.25. The standard InChI is InChI=1S/C16H30N2/c1-3-10-17-13-11-14-6-7-15(12-13)18(14)16(2)8-4-5-9-16/h13-15,17H,3-12H2,1-2H3. The van der Waals surface area contributed by atoms with Crippen LogP contribution in [-0.4, -0.2) is 35.1 Å². The van der Waals surface area contributed by atoms with Crippen molar-refractivity contribution in [3.05, 3.63) is 0 Å². The van der Waals surface area contributed by atoms with Crippen molar-refractivity contribution >= 4 is 0 Å². The molecule has 1 saturated carbocycles. The number of fused-ring (bicyclic) bond motifs is 2. The summed E-state index contributed by atoms with van der Waals surface area (Å²) in [7, 11) is 0. The Morgan fingerprint density at radius 2 is 1.72 bits per heavy atom. The fourth-order valence-corrected chi connectivity index (χ4v) is 4.97. The van der Waals surface area contributed by atoms with E-state index in [1.165, 1.54) is 64.3 Å². The summed E-state index contributed by atoms with van der Waals surface area (Å²) >= 11 is 0. The Bertz CT molecular complexity index is 269. The number of piperidine rings is 1. The van der Waals surface area contributed by atoms with Gasteiger partial charge in [0.05, 0.1) is 0 Å². The van der Waals surface area contributed by atoms with E-state index in [0.29, 0.717) is 5.54 Å². The molecule has 1 aliphatic carbocycles. The molecule has 2 heterocycles. The smallest absolute Gasteiger partial charge is 0.0187 e. The van der Waals surface area contributed by atoms with E-state index >= 15 is 0 Å². The molecule has 18 heavy (non-hydrogen) atoms. The molecule has 2 nitrogen and oxygen atoms in total. The third kappa shape index (κ3) is 2.22. The molecule has 2 atom stereocenters. The molecule has 1 N–H and O–H groups in total. The zero-order valence-corrected chi connectivity index (χ0v) is 12.3. The second-order valence-corrected chi connectivity index (χ2v) is 7.12. The maximum Gasteiger partial charge on any atom is 0.0187 e. The summed E-state index contributed by atoms with van der Waals surface area (Å²) in [6, 6.07) is 2.59. The summed E-state index contributed by atoms with van der Waals surface area (Å²) in [5, 5.41) is 3.77. The lowest BCUT2D eigenvalue weighted by molar-refractivity contribution is 0.0137. The van der Waals surface area contributed by atoms with E-state index in [4.69, 9.17) is 0 Å². The van der Waals surface area contributed by atoms with E-state index in [1.54, 1.807) is 0 Å². The Labute approximate surface area is 113 Å². The van der Waals surface area contributed by atoms with Gasteiger partial charge < -0.3 is 5.32 Å². The molecule has 0 amide bonds. The lowest BCUT2D eigenvalue weighted by atomic mass is 9.88. The summed E-state index contributed by atoms with van der Waals surface area (Å²) in [4.78, 5) is 2.96. The van der Waals surface area contributed by atoms with Crippen LogP contribution < -0.4 is 5.32 Å². The normalized spacial score (nSPS) is 39.3. The summed E-state index contributed by atoms with van der Waals surface area (Å²) in [6.45, 7) is 6.03. The van der Waals surface area contributed by atoms with Crippen molar-refractivity contribution in [1.82, 2.24) is 10.2 Å². The first-order chi connectivity index (χ1) is 8.73. The minimum atomic E-state index is 0.557. The lowest BCUT2D eigenvalue weighted by Crippen LogP contribution is -2.57. The topological polar surface area (TPSA) is 15.3 Å². The van der Waals surface area contributed by atoms with E-state index in [-0.39, 0.29) is 0 Å². The van der Waals surface area contributed by atoms with Crippen LogP contribution in [0.15, 0.2) is 0 Å². The predicted molar refractivity (Wildman–Crippen MR) is 76.8 cm³/mol. The van der Waals surface area contributed by atoms with Crippen LogP contribution in [0, 0.1) is 0 Å². The molecule has 2 unspecified atom stereocenters. The van der Waals surface area contributed by atoms with Gasteiger partial charge in [-0.3, -0.25) is 4.90 Å². The molecule has 3 rings (SSSR count). The van der Waals surface area contributed by atoms with Crippen LogP contribution >= 0.6 is 0 Å². The van der Waals surface area contributed by atoms with E-state index < -0.39 is 0 Å². The fraction of sp³-hybridized carbons (Fsp3) is 1.00. The highest BCUT2D eigenvalue weighted by molar-refractivity contribution is 5.05. The molecular weight excluding hydrogens is 220 g/mol. The SMILES string of the molecule is CCCNC1CC2CCC(C1)N2C1(C)CCCC1. The number of hydrogen-bond donors (Lipinski definition) is 1. The first-order valence-corrected chi connectivity index (χ1v) is 8.25. The van der Waals surface area contributed by atoms with Crippen LogP contribution in [0.5, 0.6) is 0 Å². The minimum Gasteiger partial charge on any atom is -0.314 e. The van der Waals surface area contributed by atoms with Gasteiger partial charge in [-0.15, -0.1) is 0 Å². The summed E-state index contributed by atoms with van der Waals surface area (Å²) in [5.41, 5.74) is 0.557. The zero-order valence-electron chi connectivity index (χ0n) is 12.3. The van der Waals surface area contributed by atoms with Crippen molar-refractivity contribution in [3.8, 4) is 0 Å². The third-order valence-electron chi connectivity index (χ3n) is 5.72. The third-order valence-corrected chi connectivity index (χ3v) is 5.72. The molecule has 2 heteroatoms. The highest BCUT2D eigenvalue weighted by Crippen LogP contribution is 2.46. The Morgan fingerprint density at radius 3 is 2.28 bits per heavy atom. The van der Waals surface area contributed by atoms with E-state index in [2.05, 4.69) is 24.1 Å². The average molecular weight is 250 g/mol. The quantitative estimate of drug-likeness (QED) is 0.823. The van der Waals surface area contributed by atoms with Gasteiger partial charge in [0.1, 0.15) is 0 Å². The Hall–Kier alpha value is -0.0800. The van der Waals surface area contributed by atoms with Gasteiger partial charge in [-0.05, 0) is 58.4 Å². The van der Waals surface area contributed by atoms with Gasteiger partial charge in [0, 0.05) is 23.7 Å². The Balaban J connectivity index is 1.66. The second-order valence-electron chi connectivity index (χ2n) is 7.12. The van der Waals surface area contributed by atoms with Crippen molar-refractivity contribution < 1.29 is 0 Å². The van der Waals surface area contributed by atoms with Gasteiger partial charge in [0.2, 0.25) is 0 Å². The largest absolute Gasteiger partial charge is 0.314 e. The van der Waals surface area contributed by atoms with Gasteiger partial charge >= 0.3 is 0 Å². The van der Waals surface area contributed by atoms with Crippen LogP contribution in [0.25, 0.3) is 0 Å². The Kier molecular flexibility index (Phi) is 3.68. The lowest BCUT2D eigenvalue weighted by Gasteiger charge is -2.48. The number of nitrogens with one attached hydrogen (secondary N) is 1. The van der Waals surface area contributed by atoms with Gasteiger partial charge in [-0.25, -0.2) is 0 Å². The zero-order chi connectivity index (χ0) is 12.6. The molecule has 104 valence electrons. The number of hydrogen-bond acceptors (Lipinski definition) is 2. The van der Waals surface area contributed by atoms with Crippen molar-refractivity contribution in [1.29, 1.82) is 0 Å². The van der Waals surface area contributed by atoms with Crippen LogP contribution in [-0.2, 0) is 0 Å². The minimum absolute atomic E-state index is 0.557. The number of rotatable bonds is 4. The van der Waals surface area contributed by atoms with Crippen LogP contribution in [0.1, 0.15) is 71.6 Å². The van der Waals surface area contributed by atoms with Gasteiger partial charge in [0.25, 0.3) is 0 Å². The van der Waals surface area contributed by atoms with E-state index in [0.717, 1.165) is 18.1 Å². The molecule has 0 aromatic heterocycles. The van der Waals surface area contributed by atoms with E-state index in [9.17, 15) is 0 Å². The van der Waals surface area contributed by atoms with Crippen molar-refractivity contribution in [2.75, 3.05) is 6.54 Å². The molecule has 0 aromatic rings. The number of nitrogens with zero attached hydrogens (tertiary/aromatic N) is 1. The average Bonchev–Trinajstić information content (AvgIpc) is 2.90. The molecule has 0 aromatic carbocycles. The predicted octanol–water partition coefficient (Wildman–Crippen LogP) is 3.31. The Morgan fingerprint density at radius 1 is 1.11 bits per heavy atom. The molecule has 2 saturated heterocycles. The van der Waals surface area contributed by atoms with Gasteiger partial charge in [-0.2, -0.15) is 0 Å². The molecule has 3 fully saturated rings. The van der Waals surface area contributed by atoms with Crippen LogP contribution in [0.2, 0.25) is 0 Å². The maximum atomic E-state index is 3.77. The van der Waals surface area contributed by atoms with Gasteiger partial charge in [0.15, 0.2) is 0 Å². The molecule has 0 radical (unpaired) electrons. The van der Waals surface area contributed by atoms with Crippen LogP contribution in [0.4, 0.5) is 0 Å². The van der Waals surface area contributed by atoms with E-state index in [1.807, 2.05) is 0 Å². The van der Waals surface area contributed by atoms with Crippen molar-refractivity contribution in [3.63, 3.8) is 0 Å². The fourth-order valence-electron chi connectivity index (χ4n) is 4.97. The summed E-state index contributed by atoms with van der Waals surface area (Å²) in [5.74, 6) is 0. The molecular formula is C16H30N2. The van der Waals surface area contributed by atoms with Crippen LogP contribution in [0.3, 0.4) is 0 Å². The molecule has 3 aliphatic rings. The summed E-state index contributed by atoms with van der Waals surface area (Å²) in [6.07, 6.45) is 12.8. The molecule has 2 bridgehead atoms. The van der Waals surface area contributed by atoms with Crippen molar-refractivity contribution in [2.24, 2.45) is 0 Å². The monoisotopic (exact) mass is 250 g/mol. The summed E-state index contributed by atoms with van der Waals surface area (Å²) < 4.78 is 0. The maximum absolute atomic E-state index is 3.77. The van der Waals surface area contributed by atoms with Gasteiger partial charge in [-0.1, -0.05) is 19.8 Å². The molecule has 0 spiro atoms. The highest BCUT2D eigenvalue weighted by atomic mass is 15.3. The van der Waals surface area contributed by atoms with Crippen molar-refractivity contribution in [2.45, 2.75) is 95.3 Å². The molecule has 2 aliphatic heterocycles.